The molecule has 0 aromatic carbocycles. The van der Waals surface area contributed by atoms with Crippen molar-refractivity contribution >= 4 is 15.9 Å². The zero-order chi connectivity index (χ0) is 9.23. The number of halogens is 1. The minimum absolute atomic E-state index is 0.954. The predicted molar refractivity (Wildman–Crippen MR) is 61.0 cm³/mol. The Kier molecular flexibility index (Phi) is 9.95. The summed E-state index contributed by atoms with van der Waals surface area (Å²) in [5.74, 6) is 0.954. The Morgan fingerprint density at radius 1 is 1.00 bits per heavy atom. The van der Waals surface area contributed by atoms with Gasteiger partial charge in [-0.25, -0.2) is 0 Å². The number of hydrogen-bond acceptors (Lipinski definition) is 0. The third kappa shape index (κ3) is 8.58. The molecule has 0 aromatic rings. The van der Waals surface area contributed by atoms with E-state index in [0.29, 0.717) is 0 Å². The topological polar surface area (TPSA) is 0 Å². The summed E-state index contributed by atoms with van der Waals surface area (Å²) >= 11 is 3.46. The lowest BCUT2D eigenvalue weighted by Crippen LogP contribution is -1.94. The SMILES string of the molecule is CCCCCC(C)CCCCBr. The summed E-state index contributed by atoms with van der Waals surface area (Å²) in [7, 11) is 0. The molecule has 0 fully saturated rings. The van der Waals surface area contributed by atoms with E-state index in [1.165, 1.54) is 50.3 Å². The summed E-state index contributed by atoms with van der Waals surface area (Å²) in [5, 5.41) is 1.18. The number of hydrogen-bond donors (Lipinski definition) is 0. The van der Waals surface area contributed by atoms with E-state index in [1.807, 2.05) is 0 Å². The molecule has 74 valence electrons. The molecule has 1 atom stereocenters. The average Bonchev–Trinajstić information content (AvgIpc) is 2.06. The van der Waals surface area contributed by atoms with Crippen LogP contribution in [0.5, 0.6) is 0 Å². The average molecular weight is 235 g/mol. The monoisotopic (exact) mass is 234 g/mol. The van der Waals surface area contributed by atoms with Crippen molar-refractivity contribution < 1.29 is 0 Å². The highest BCUT2D eigenvalue weighted by atomic mass is 79.9. The lowest BCUT2D eigenvalue weighted by Gasteiger charge is -2.09. The molecule has 0 bridgehead atoms. The minimum Gasteiger partial charge on any atom is -0.0928 e. The van der Waals surface area contributed by atoms with Crippen molar-refractivity contribution in [3.63, 3.8) is 0 Å². The lowest BCUT2D eigenvalue weighted by atomic mass is 9.98. The Labute approximate surface area is 86.3 Å². The smallest absolute Gasteiger partial charge is 0.00313 e. The van der Waals surface area contributed by atoms with Crippen molar-refractivity contribution in [1.29, 1.82) is 0 Å². The van der Waals surface area contributed by atoms with Crippen LogP contribution in [-0.2, 0) is 0 Å². The zero-order valence-electron chi connectivity index (χ0n) is 8.61. The Hall–Kier alpha value is 0.480. The molecule has 0 N–H and O–H groups in total. The molecule has 0 amide bonds. The van der Waals surface area contributed by atoms with Crippen molar-refractivity contribution in [2.45, 2.75) is 58.8 Å². The normalized spacial score (nSPS) is 13.2. The maximum atomic E-state index is 3.46. The van der Waals surface area contributed by atoms with Gasteiger partial charge in [0.25, 0.3) is 0 Å². The van der Waals surface area contributed by atoms with Crippen LogP contribution in [0.25, 0.3) is 0 Å². The molecule has 0 aliphatic rings. The van der Waals surface area contributed by atoms with Crippen LogP contribution >= 0.6 is 15.9 Å². The highest BCUT2D eigenvalue weighted by molar-refractivity contribution is 9.09. The molecule has 0 spiro atoms. The van der Waals surface area contributed by atoms with E-state index in [2.05, 4.69) is 29.8 Å². The molecule has 0 aromatic heterocycles. The second kappa shape index (κ2) is 9.57. The molecule has 0 heterocycles. The second-order valence-electron chi connectivity index (χ2n) is 3.79. The zero-order valence-corrected chi connectivity index (χ0v) is 10.2. The van der Waals surface area contributed by atoms with Gasteiger partial charge in [0.2, 0.25) is 0 Å². The molecule has 1 heteroatoms. The fourth-order valence-corrected chi connectivity index (χ4v) is 1.87. The second-order valence-corrected chi connectivity index (χ2v) is 4.58. The van der Waals surface area contributed by atoms with E-state index in [0.717, 1.165) is 5.92 Å². The van der Waals surface area contributed by atoms with Crippen molar-refractivity contribution in [1.82, 2.24) is 0 Å². The van der Waals surface area contributed by atoms with Crippen LogP contribution in [-0.4, -0.2) is 5.33 Å². The van der Waals surface area contributed by atoms with Crippen molar-refractivity contribution in [3.05, 3.63) is 0 Å². The Balaban J connectivity index is 3.04. The maximum Gasteiger partial charge on any atom is 0.00313 e. The first-order chi connectivity index (χ1) is 5.81. The Morgan fingerprint density at radius 2 is 1.58 bits per heavy atom. The molecule has 0 radical (unpaired) electrons. The molecular weight excluding hydrogens is 212 g/mol. The molecule has 12 heavy (non-hydrogen) atoms. The van der Waals surface area contributed by atoms with Crippen LogP contribution in [0.15, 0.2) is 0 Å². The van der Waals surface area contributed by atoms with Gasteiger partial charge in [-0.2, -0.15) is 0 Å². The summed E-state index contributed by atoms with van der Waals surface area (Å²) in [6.07, 6.45) is 9.82. The summed E-state index contributed by atoms with van der Waals surface area (Å²) < 4.78 is 0. The van der Waals surface area contributed by atoms with Crippen molar-refractivity contribution in [2.75, 3.05) is 5.33 Å². The van der Waals surface area contributed by atoms with Gasteiger partial charge in [-0.05, 0) is 12.3 Å². The van der Waals surface area contributed by atoms with Crippen molar-refractivity contribution in [2.24, 2.45) is 5.92 Å². The number of rotatable bonds is 8. The highest BCUT2D eigenvalue weighted by Gasteiger charge is 2.00. The fourth-order valence-electron chi connectivity index (χ4n) is 1.47. The molecule has 1 unspecified atom stereocenters. The van der Waals surface area contributed by atoms with E-state index < -0.39 is 0 Å². The highest BCUT2D eigenvalue weighted by Crippen LogP contribution is 2.15. The first-order valence-corrected chi connectivity index (χ1v) is 6.49. The van der Waals surface area contributed by atoms with Crippen LogP contribution in [0.1, 0.15) is 58.8 Å². The van der Waals surface area contributed by atoms with Crippen molar-refractivity contribution in [3.8, 4) is 0 Å². The van der Waals surface area contributed by atoms with Gasteiger partial charge in [0.1, 0.15) is 0 Å². The number of unbranched alkanes of at least 4 members (excludes halogenated alkanes) is 3. The van der Waals surface area contributed by atoms with Gasteiger partial charge in [0.05, 0.1) is 0 Å². The standard InChI is InChI=1S/C11H23Br/c1-3-4-5-8-11(2)9-6-7-10-12/h11H,3-10H2,1-2H3. The molecule has 0 saturated carbocycles. The fraction of sp³-hybridized carbons (Fsp3) is 1.00. The first kappa shape index (κ1) is 12.5. The maximum absolute atomic E-state index is 3.46. The predicted octanol–water partition coefficient (Wildman–Crippen LogP) is 4.77. The largest absolute Gasteiger partial charge is 0.0928 e. The van der Waals surface area contributed by atoms with Crippen LogP contribution in [0.2, 0.25) is 0 Å². The quantitative estimate of drug-likeness (QED) is 0.420. The van der Waals surface area contributed by atoms with Gasteiger partial charge in [-0.3, -0.25) is 0 Å². The van der Waals surface area contributed by atoms with Gasteiger partial charge in [0.15, 0.2) is 0 Å². The third-order valence-electron chi connectivity index (χ3n) is 2.38. The van der Waals surface area contributed by atoms with Gasteiger partial charge >= 0.3 is 0 Å². The molecule has 0 nitrogen and oxygen atoms in total. The van der Waals surface area contributed by atoms with Crippen LogP contribution in [0.4, 0.5) is 0 Å². The van der Waals surface area contributed by atoms with Gasteiger partial charge in [-0.15, -0.1) is 0 Å². The summed E-state index contributed by atoms with van der Waals surface area (Å²) in [5.41, 5.74) is 0. The van der Waals surface area contributed by atoms with Gasteiger partial charge < -0.3 is 0 Å². The van der Waals surface area contributed by atoms with Crippen LogP contribution < -0.4 is 0 Å². The van der Waals surface area contributed by atoms with Crippen LogP contribution in [0.3, 0.4) is 0 Å². The van der Waals surface area contributed by atoms with E-state index in [1.54, 1.807) is 0 Å². The molecule has 0 rings (SSSR count). The first-order valence-electron chi connectivity index (χ1n) is 5.37. The Bertz CT molecular complexity index is 71.1. The molecule has 0 aliphatic heterocycles. The van der Waals surface area contributed by atoms with E-state index >= 15 is 0 Å². The van der Waals surface area contributed by atoms with E-state index in [-0.39, 0.29) is 0 Å². The van der Waals surface area contributed by atoms with Gasteiger partial charge in [0, 0.05) is 5.33 Å². The van der Waals surface area contributed by atoms with Gasteiger partial charge in [-0.1, -0.05) is 68.3 Å². The van der Waals surface area contributed by atoms with E-state index in [4.69, 9.17) is 0 Å². The summed E-state index contributed by atoms with van der Waals surface area (Å²) in [6, 6.07) is 0. The molecular formula is C11H23Br. The lowest BCUT2D eigenvalue weighted by molar-refractivity contribution is 0.449. The summed E-state index contributed by atoms with van der Waals surface area (Å²) in [6.45, 7) is 4.67. The van der Waals surface area contributed by atoms with E-state index in [9.17, 15) is 0 Å². The third-order valence-corrected chi connectivity index (χ3v) is 2.94. The Morgan fingerprint density at radius 3 is 2.08 bits per heavy atom. The van der Waals surface area contributed by atoms with Crippen LogP contribution in [0, 0.1) is 5.92 Å². The summed E-state index contributed by atoms with van der Waals surface area (Å²) in [4.78, 5) is 0. The number of alkyl halides is 1. The minimum atomic E-state index is 0.954. The molecule has 0 aliphatic carbocycles. The molecule has 0 saturated heterocycles.